The van der Waals surface area contributed by atoms with Crippen molar-refractivity contribution in [1.82, 2.24) is 0 Å². The Morgan fingerprint density at radius 1 is 0.903 bits per heavy atom. The second kappa shape index (κ2) is 9.66. The molecule has 0 aliphatic heterocycles. The van der Waals surface area contributed by atoms with Crippen LogP contribution < -0.4 is 14.8 Å². The predicted molar refractivity (Wildman–Crippen MR) is 123 cm³/mol. The van der Waals surface area contributed by atoms with Gasteiger partial charge in [-0.1, -0.05) is 36.4 Å². The van der Waals surface area contributed by atoms with Crippen molar-refractivity contribution in [2.45, 2.75) is 32.1 Å². The Morgan fingerprint density at radius 2 is 1.68 bits per heavy atom. The summed E-state index contributed by atoms with van der Waals surface area (Å²) in [4.78, 5) is 12.4. The van der Waals surface area contributed by atoms with Crippen molar-refractivity contribution in [3.8, 4) is 5.75 Å². The van der Waals surface area contributed by atoms with Crippen LogP contribution in [0.25, 0.3) is 0 Å². The van der Waals surface area contributed by atoms with Crippen LogP contribution in [-0.4, -0.2) is 20.9 Å². The van der Waals surface area contributed by atoms with Crippen molar-refractivity contribution in [2.75, 3.05) is 16.6 Å². The monoisotopic (exact) mass is 438 g/mol. The van der Waals surface area contributed by atoms with Gasteiger partial charge in [-0.2, -0.15) is 0 Å². The number of hydrogen-bond acceptors (Lipinski definition) is 4. The quantitative estimate of drug-likeness (QED) is 0.528. The van der Waals surface area contributed by atoms with Crippen LogP contribution >= 0.6 is 0 Å². The van der Waals surface area contributed by atoms with Crippen LogP contribution in [0.1, 0.15) is 23.1 Å². The van der Waals surface area contributed by atoms with E-state index < -0.39 is 10.0 Å². The van der Waals surface area contributed by atoms with Gasteiger partial charge in [0.25, 0.3) is 10.0 Å². The fourth-order valence-corrected chi connectivity index (χ4v) is 4.09. The molecule has 1 amide bonds. The van der Waals surface area contributed by atoms with E-state index in [4.69, 9.17) is 4.74 Å². The highest BCUT2D eigenvalue weighted by atomic mass is 32.2. The molecule has 31 heavy (non-hydrogen) atoms. The van der Waals surface area contributed by atoms with Crippen LogP contribution in [0.4, 0.5) is 11.4 Å². The van der Waals surface area contributed by atoms with Gasteiger partial charge in [-0.25, -0.2) is 8.42 Å². The maximum atomic E-state index is 12.8. The molecule has 0 fully saturated rings. The summed E-state index contributed by atoms with van der Waals surface area (Å²) in [6.45, 7) is 5.86. The molecule has 0 saturated heterocycles. The van der Waals surface area contributed by atoms with E-state index in [2.05, 4.69) is 10.0 Å². The lowest BCUT2D eigenvalue weighted by molar-refractivity contribution is -0.116. The Balaban J connectivity index is 1.66. The van der Waals surface area contributed by atoms with E-state index in [1.54, 1.807) is 24.3 Å². The minimum absolute atomic E-state index is 0.0751. The number of ether oxygens (including phenoxy) is 1. The summed E-state index contributed by atoms with van der Waals surface area (Å²) in [5, 5.41) is 2.79. The van der Waals surface area contributed by atoms with Gasteiger partial charge in [0.05, 0.1) is 17.9 Å². The average Bonchev–Trinajstić information content (AvgIpc) is 2.70. The number of aryl methyl sites for hydroxylation is 3. The predicted octanol–water partition coefficient (Wildman–Crippen LogP) is 4.82. The van der Waals surface area contributed by atoms with Crippen molar-refractivity contribution in [3.63, 3.8) is 0 Å². The van der Waals surface area contributed by atoms with Gasteiger partial charge in [0.2, 0.25) is 5.91 Å². The van der Waals surface area contributed by atoms with E-state index in [-0.39, 0.29) is 23.8 Å². The Labute approximate surface area is 183 Å². The summed E-state index contributed by atoms with van der Waals surface area (Å²) in [6, 6.07) is 19.4. The highest BCUT2D eigenvalue weighted by molar-refractivity contribution is 7.92. The van der Waals surface area contributed by atoms with Crippen molar-refractivity contribution < 1.29 is 17.9 Å². The molecule has 0 spiro atoms. The molecule has 2 N–H and O–H groups in total. The normalized spacial score (nSPS) is 11.1. The van der Waals surface area contributed by atoms with Crippen LogP contribution in [0, 0.1) is 20.8 Å². The first-order valence-corrected chi connectivity index (χ1v) is 11.4. The number of amides is 1. The van der Waals surface area contributed by atoms with E-state index in [0.717, 1.165) is 22.4 Å². The standard InChI is InChI=1S/C24H26N2O4S/c1-17-7-6-9-20(15-17)26-31(28,29)21-12-11-18(2)22(16-21)25-24(27)13-14-30-23-10-5-4-8-19(23)3/h4-12,15-16,26H,13-14H2,1-3H3,(H,25,27). The first-order valence-electron chi connectivity index (χ1n) is 9.93. The molecule has 0 heterocycles. The molecular formula is C24H26N2O4S. The minimum atomic E-state index is -3.79. The van der Waals surface area contributed by atoms with Gasteiger partial charge in [0, 0.05) is 11.4 Å². The van der Waals surface area contributed by atoms with Crippen LogP contribution in [0.3, 0.4) is 0 Å². The molecule has 0 radical (unpaired) electrons. The fraction of sp³-hybridized carbons (Fsp3) is 0.208. The maximum absolute atomic E-state index is 12.8. The first-order chi connectivity index (χ1) is 14.7. The Hall–Kier alpha value is -3.32. The summed E-state index contributed by atoms with van der Waals surface area (Å²) >= 11 is 0. The van der Waals surface area contributed by atoms with Gasteiger partial charge >= 0.3 is 0 Å². The number of hydrogen-bond donors (Lipinski definition) is 2. The first kappa shape index (κ1) is 22.4. The zero-order valence-corrected chi connectivity index (χ0v) is 18.6. The second-order valence-corrected chi connectivity index (χ2v) is 9.05. The second-order valence-electron chi connectivity index (χ2n) is 7.36. The molecule has 3 rings (SSSR count). The summed E-state index contributed by atoms with van der Waals surface area (Å²) in [7, 11) is -3.79. The lowest BCUT2D eigenvalue weighted by atomic mass is 10.2. The van der Waals surface area contributed by atoms with E-state index in [9.17, 15) is 13.2 Å². The van der Waals surface area contributed by atoms with Gasteiger partial charge in [-0.3, -0.25) is 9.52 Å². The molecular weight excluding hydrogens is 412 g/mol. The fourth-order valence-electron chi connectivity index (χ4n) is 3.01. The smallest absolute Gasteiger partial charge is 0.261 e. The molecule has 6 nitrogen and oxygen atoms in total. The molecule has 0 aromatic heterocycles. The minimum Gasteiger partial charge on any atom is -0.493 e. The van der Waals surface area contributed by atoms with Crippen molar-refractivity contribution in [2.24, 2.45) is 0 Å². The van der Waals surface area contributed by atoms with E-state index in [0.29, 0.717) is 11.4 Å². The van der Waals surface area contributed by atoms with Crippen molar-refractivity contribution in [3.05, 3.63) is 83.4 Å². The lowest BCUT2D eigenvalue weighted by Gasteiger charge is -2.13. The molecule has 0 atom stereocenters. The van der Waals surface area contributed by atoms with Crippen molar-refractivity contribution >= 4 is 27.3 Å². The van der Waals surface area contributed by atoms with Gasteiger partial charge < -0.3 is 10.1 Å². The van der Waals surface area contributed by atoms with Gasteiger partial charge in [-0.15, -0.1) is 0 Å². The highest BCUT2D eigenvalue weighted by Gasteiger charge is 2.17. The summed E-state index contributed by atoms with van der Waals surface area (Å²) in [5.41, 5.74) is 3.65. The van der Waals surface area contributed by atoms with E-state index >= 15 is 0 Å². The summed E-state index contributed by atoms with van der Waals surface area (Å²) < 4.78 is 33.8. The number of rotatable bonds is 8. The van der Waals surface area contributed by atoms with Crippen LogP contribution in [0.5, 0.6) is 5.75 Å². The third-order valence-electron chi connectivity index (χ3n) is 4.74. The average molecular weight is 439 g/mol. The number of nitrogens with one attached hydrogen (secondary N) is 2. The largest absolute Gasteiger partial charge is 0.493 e. The highest BCUT2D eigenvalue weighted by Crippen LogP contribution is 2.23. The molecule has 0 saturated carbocycles. The SMILES string of the molecule is Cc1cccc(NS(=O)(=O)c2ccc(C)c(NC(=O)CCOc3ccccc3C)c2)c1. The topological polar surface area (TPSA) is 84.5 Å². The molecule has 3 aromatic carbocycles. The number of carbonyl (C=O) groups is 1. The van der Waals surface area contributed by atoms with Gasteiger partial charge in [0.1, 0.15) is 5.75 Å². The van der Waals surface area contributed by atoms with E-state index in [1.807, 2.05) is 51.1 Å². The zero-order chi connectivity index (χ0) is 22.4. The third kappa shape index (κ3) is 6.08. The molecule has 0 bridgehead atoms. The van der Waals surface area contributed by atoms with Gasteiger partial charge in [-0.05, 0) is 67.8 Å². The third-order valence-corrected chi connectivity index (χ3v) is 6.12. The number of carbonyl (C=O) groups excluding carboxylic acids is 1. The zero-order valence-electron chi connectivity index (χ0n) is 17.8. The lowest BCUT2D eigenvalue weighted by Crippen LogP contribution is -2.17. The van der Waals surface area contributed by atoms with Gasteiger partial charge in [0.15, 0.2) is 0 Å². The van der Waals surface area contributed by atoms with Crippen LogP contribution in [-0.2, 0) is 14.8 Å². The number of para-hydroxylation sites is 1. The molecule has 7 heteroatoms. The Kier molecular flexibility index (Phi) is 6.97. The number of anilines is 2. The molecule has 3 aromatic rings. The molecule has 0 aliphatic rings. The number of benzene rings is 3. The Bertz CT molecular complexity index is 1190. The molecule has 0 aliphatic carbocycles. The molecule has 0 unspecified atom stereocenters. The maximum Gasteiger partial charge on any atom is 0.261 e. The van der Waals surface area contributed by atoms with E-state index in [1.165, 1.54) is 12.1 Å². The summed E-state index contributed by atoms with van der Waals surface area (Å²) in [5.74, 6) is 0.486. The number of sulfonamides is 1. The summed E-state index contributed by atoms with van der Waals surface area (Å²) in [6.07, 6.45) is 0.145. The molecule has 162 valence electrons. The van der Waals surface area contributed by atoms with Crippen LogP contribution in [0.15, 0.2) is 71.6 Å². The Morgan fingerprint density at radius 3 is 2.42 bits per heavy atom. The van der Waals surface area contributed by atoms with Crippen LogP contribution in [0.2, 0.25) is 0 Å². The van der Waals surface area contributed by atoms with Crippen molar-refractivity contribution in [1.29, 1.82) is 0 Å².